The van der Waals surface area contributed by atoms with Crippen molar-refractivity contribution in [2.24, 2.45) is 5.73 Å². The van der Waals surface area contributed by atoms with Crippen molar-refractivity contribution in [2.75, 3.05) is 6.54 Å². The Morgan fingerprint density at radius 3 is 2.38 bits per heavy atom. The molecule has 0 saturated carbocycles. The zero-order chi connectivity index (χ0) is 12.2. The molecule has 1 aromatic carbocycles. The molecule has 0 aromatic heterocycles. The Balaban J connectivity index is 2.82. The third-order valence-electron chi connectivity index (χ3n) is 2.21. The molecule has 0 spiro atoms. The minimum atomic E-state index is -4.32. The van der Waals surface area contributed by atoms with Crippen LogP contribution in [-0.4, -0.2) is 6.54 Å². The maximum atomic E-state index is 12.5. The zero-order valence-electron chi connectivity index (χ0n) is 8.68. The topological polar surface area (TPSA) is 26.0 Å². The number of hydrogen-bond donors (Lipinski definition) is 1. The highest BCUT2D eigenvalue weighted by atomic mass is 32.1. The predicted octanol–water partition coefficient (Wildman–Crippen LogP) is 2.89. The SMILES string of the molecule is NCCCCc1cc([S-])cc(C(F)(F)F)c1. The Labute approximate surface area is 98.2 Å². The van der Waals surface area contributed by atoms with Gasteiger partial charge < -0.3 is 18.4 Å². The molecule has 0 amide bonds. The van der Waals surface area contributed by atoms with Gasteiger partial charge in [0.05, 0.1) is 5.56 Å². The van der Waals surface area contributed by atoms with Gasteiger partial charge >= 0.3 is 6.18 Å². The number of rotatable bonds is 4. The fraction of sp³-hybridized carbons (Fsp3) is 0.455. The van der Waals surface area contributed by atoms with E-state index >= 15 is 0 Å². The Morgan fingerprint density at radius 1 is 1.12 bits per heavy atom. The van der Waals surface area contributed by atoms with Crippen molar-refractivity contribution in [1.82, 2.24) is 0 Å². The fourth-order valence-electron chi connectivity index (χ4n) is 1.44. The monoisotopic (exact) mass is 248 g/mol. The van der Waals surface area contributed by atoms with E-state index < -0.39 is 11.7 Å². The number of halogens is 3. The Morgan fingerprint density at radius 2 is 1.81 bits per heavy atom. The van der Waals surface area contributed by atoms with Gasteiger partial charge in [0, 0.05) is 0 Å². The highest BCUT2D eigenvalue weighted by molar-refractivity contribution is 7.58. The summed E-state index contributed by atoms with van der Waals surface area (Å²) in [6.45, 7) is 0.555. The number of alkyl halides is 3. The second kappa shape index (κ2) is 5.50. The third kappa shape index (κ3) is 3.98. The van der Waals surface area contributed by atoms with Gasteiger partial charge in [-0.15, -0.1) is 0 Å². The molecule has 90 valence electrons. The molecule has 0 unspecified atom stereocenters. The van der Waals surface area contributed by atoms with E-state index in [2.05, 4.69) is 0 Å². The number of benzene rings is 1. The van der Waals surface area contributed by atoms with Crippen LogP contribution in [0.15, 0.2) is 23.1 Å². The average molecular weight is 248 g/mol. The van der Waals surface area contributed by atoms with Gasteiger partial charge in [0.2, 0.25) is 0 Å². The van der Waals surface area contributed by atoms with Gasteiger partial charge in [0.15, 0.2) is 0 Å². The van der Waals surface area contributed by atoms with E-state index in [0.717, 1.165) is 25.0 Å². The van der Waals surface area contributed by atoms with Crippen LogP contribution >= 0.6 is 0 Å². The first-order valence-corrected chi connectivity index (χ1v) is 5.42. The molecule has 0 aliphatic heterocycles. The Hall–Kier alpha value is -0.810. The fourth-order valence-corrected chi connectivity index (χ4v) is 1.72. The van der Waals surface area contributed by atoms with Crippen molar-refractivity contribution in [3.8, 4) is 0 Å². The largest absolute Gasteiger partial charge is 0.780 e. The van der Waals surface area contributed by atoms with Gasteiger partial charge in [-0.05, 0) is 37.4 Å². The van der Waals surface area contributed by atoms with Gasteiger partial charge in [-0.25, -0.2) is 0 Å². The molecule has 0 aliphatic carbocycles. The average Bonchev–Trinajstić information content (AvgIpc) is 2.16. The number of unbranched alkanes of at least 4 members (excludes halogenated alkanes) is 1. The lowest BCUT2D eigenvalue weighted by Gasteiger charge is -2.14. The molecule has 0 fully saturated rings. The molecular formula is C11H13F3NS-. The lowest BCUT2D eigenvalue weighted by atomic mass is 10.0. The van der Waals surface area contributed by atoms with Crippen LogP contribution < -0.4 is 5.73 Å². The zero-order valence-corrected chi connectivity index (χ0v) is 9.50. The van der Waals surface area contributed by atoms with Crippen molar-refractivity contribution in [2.45, 2.75) is 30.3 Å². The van der Waals surface area contributed by atoms with Gasteiger partial charge in [0.25, 0.3) is 0 Å². The van der Waals surface area contributed by atoms with Crippen LogP contribution in [0.4, 0.5) is 13.2 Å². The summed E-state index contributed by atoms with van der Waals surface area (Å²) in [4.78, 5) is 0.234. The van der Waals surface area contributed by atoms with Crippen LogP contribution in [0.2, 0.25) is 0 Å². The summed E-state index contributed by atoms with van der Waals surface area (Å²) in [5.41, 5.74) is 5.29. The van der Waals surface area contributed by atoms with Gasteiger partial charge in [-0.1, -0.05) is 12.1 Å². The standard InChI is InChI=1S/C11H14F3NS/c12-11(13,14)9-5-8(3-1-2-4-15)6-10(16)7-9/h5-7,16H,1-4,15H2/p-1. The molecule has 0 saturated heterocycles. The van der Waals surface area contributed by atoms with E-state index in [9.17, 15) is 13.2 Å². The minimum absolute atomic E-state index is 0.234. The summed E-state index contributed by atoms with van der Waals surface area (Å²) in [5, 5.41) is 0. The maximum absolute atomic E-state index is 12.5. The van der Waals surface area contributed by atoms with Crippen molar-refractivity contribution < 1.29 is 13.2 Å². The van der Waals surface area contributed by atoms with E-state index in [1.54, 1.807) is 6.07 Å². The smallest absolute Gasteiger partial charge is 0.416 e. The normalized spacial score (nSPS) is 11.8. The van der Waals surface area contributed by atoms with Crippen molar-refractivity contribution in [1.29, 1.82) is 0 Å². The highest BCUT2D eigenvalue weighted by Gasteiger charge is 2.30. The quantitative estimate of drug-likeness (QED) is 0.655. The number of nitrogens with two attached hydrogens (primary N) is 1. The molecular weight excluding hydrogens is 235 g/mol. The Bertz CT molecular complexity index is 350. The molecule has 2 N–H and O–H groups in total. The van der Waals surface area contributed by atoms with E-state index in [0.29, 0.717) is 18.5 Å². The highest BCUT2D eigenvalue weighted by Crippen LogP contribution is 2.30. The first kappa shape index (κ1) is 13.3. The lowest BCUT2D eigenvalue weighted by Crippen LogP contribution is -2.06. The summed E-state index contributed by atoms with van der Waals surface area (Å²) < 4.78 is 37.4. The first-order valence-electron chi connectivity index (χ1n) is 5.01. The number of aryl methyl sites for hydroxylation is 1. The van der Waals surface area contributed by atoms with Crippen LogP contribution in [-0.2, 0) is 25.2 Å². The Kier molecular flexibility index (Phi) is 4.56. The van der Waals surface area contributed by atoms with Crippen LogP contribution in [0.3, 0.4) is 0 Å². The summed E-state index contributed by atoms with van der Waals surface area (Å²) in [5.74, 6) is 0. The summed E-state index contributed by atoms with van der Waals surface area (Å²) in [6, 6.07) is 3.76. The van der Waals surface area contributed by atoms with Gasteiger partial charge in [-0.3, -0.25) is 0 Å². The van der Waals surface area contributed by atoms with Gasteiger partial charge in [0.1, 0.15) is 0 Å². The molecule has 0 atom stereocenters. The molecule has 16 heavy (non-hydrogen) atoms. The molecule has 1 rings (SSSR count). The molecule has 0 heterocycles. The van der Waals surface area contributed by atoms with Gasteiger partial charge in [-0.2, -0.15) is 18.1 Å². The molecule has 1 nitrogen and oxygen atoms in total. The molecule has 0 aliphatic rings. The summed E-state index contributed by atoms with van der Waals surface area (Å²) >= 11 is 4.81. The van der Waals surface area contributed by atoms with E-state index in [1.807, 2.05) is 0 Å². The van der Waals surface area contributed by atoms with E-state index in [4.69, 9.17) is 18.4 Å². The van der Waals surface area contributed by atoms with Crippen molar-refractivity contribution >= 4 is 12.6 Å². The summed E-state index contributed by atoms with van der Waals surface area (Å²) in [6.07, 6.45) is -2.14. The first-order chi connectivity index (χ1) is 7.43. The van der Waals surface area contributed by atoms with Crippen LogP contribution in [0.25, 0.3) is 0 Å². The van der Waals surface area contributed by atoms with E-state index in [1.165, 1.54) is 0 Å². The van der Waals surface area contributed by atoms with Crippen LogP contribution in [0.1, 0.15) is 24.0 Å². The van der Waals surface area contributed by atoms with E-state index in [-0.39, 0.29) is 4.90 Å². The molecule has 0 bridgehead atoms. The second-order valence-corrected chi connectivity index (χ2v) is 4.08. The molecule has 5 heteroatoms. The van der Waals surface area contributed by atoms with Crippen LogP contribution in [0, 0.1) is 0 Å². The minimum Gasteiger partial charge on any atom is -0.780 e. The van der Waals surface area contributed by atoms with Crippen LogP contribution in [0.5, 0.6) is 0 Å². The summed E-state index contributed by atoms with van der Waals surface area (Å²) in [7, 11) is 0. The predicted molar refractivity (Wildman–Crippen MR) is 59.1 cm³/mol. The van der Waals surface area contributed by atoms with Crippen molar-refractivity contribution in [3.63, 3.8) is 0 Å². The second-order valence-electron chi connectivity index (χ2n) is 3.61. The van der Waals surface area contributed by atoms with Crippen molar-refractivity contribution in [3.05, 3.63) is 29.3 Å². The lowest BCUT2D eigenvalue weighted by molar-refractivity contribution is -0.137. The maximum Gasteiger partial charge on any atom is 0.416 e. The third-order valence-corrected chi connectivity index (χ3v) is 2.45. The molecule has 1 aromatic rings. The molecule has 0 radical (unpaired) electrons. The number of hydrogen-bond acceptors (Lipinski definition) is 2.